The van der Waals surface area contributed by atoms with Crippen molar-refractivity contribution >= 4 is 17.5 Å². The highest BCUT2D eigenvalue weighted by Crippen LogP contribution is 2.35. The van der Waals surface area contributed by atoms with Crippen molar-refractivity contribution in [2.45, 2.75) is 32.4 Å². The monoisotopic (exact) mass is 409 g/mol. The molecule has 3 rings (SSSR count). The van der Waals surface area contributed by atoms with Gasteiger partial charge in [0.15, 0.2) is 0 Å². The number of nitrogens with zero attached hydrogens (tertiary/aromatic N) is 2. The van der Waals surface area contributed by atoms with Crippen LogP contribution in [0.3, 0.4) is 0 Å². The Labute approximate surface area is 178 Å². The number of ether oxygens (including phenoxy) is 1. The summed E-state index contributed by atoms with van der Waals surface area (Å²) in [6.07, 6.45) is 2.44. The smallest absolute Gasteiger partial charge is 0.243 e. The van der Waals surface area contributed by atoms with Crippen molar-refractivity contribution in [2.75, 3.05) is 32.6 Å². The Balaban J connectivity index is 1.56. The molecule has 1 N–H and O–H groups in total. The van der Waals surface area contributed by atoms with Gasteiger partial charge in [-0.2, -0.15) is 0 Å². The molecule has 2 aromatic carbocycles. The number of hydrogen-bond acceptors (Lipinski definition) is 4. The number of carbonyl (C=O) groups is 2. The molecule has 30 heavy (non-hydrogen) atoms. The lowest BCUT2D eigenvalue weighted by molar-refractivity contribution is -0.135. The second kappa shape index (κ2) is 10.3. The lowest BCUT2D eigenvalue weighted by atomic mass is 10.1. The fraction of sp³-hybridized carbons (Fsp3) is 0.417. The zero-order valence-electron chi connectivity index (χ0n) is 18.0. The summed E-state index contributed by atoms with van der Waals surface area (Å²) >= 11 is 0. The van der Waals surface area contributed by atoms with Crippen LogP contribution in [0, 0.1) is 5.92 Å². The van der Waals surface area contributed by atoms with Gasteiger partial charge in [-0.3, -0.25) is 14.5 Å². The van der Waals surface area contributed by atoms with Crippen LogP contribution in [0.5, 0.6) is 5.75 Å². The minimum atomic E-state index is -0.232. The van der Waals surface area contributed by atoms with E-state index in [2.05, 4.69) is 29.3 Å². The van der Waals surface area contributed by atoms with E-state index in [9.17, 15) is 9.59 Å². The van der Waals surface area contributed by atoms with Gasteiger partial charge in [-0.05, 0) is 43.4 Å². The highest BCUT2D eigenvalue weighted by atomic mass is 16.5. The van der Waals surface area contributed by atoms with Crippen LogP contribution >= 0.6 is 0 Å². The lowest BCUT2D eigenvalue weighted by Crippen LogP contribution is -2.44. The number of nitrogens with one attached hydrogen (secondary N) is 1. The zero-order valence-corrected chi connectivity index (χ0v) is 18.0. The first-order valence-corrected chi connectivity index (χ1v) is 10.4. The SMILES string of the molecule is COc1cccc(NC(=O)CN(C)C(=O)CN(Cc2ccccc2)C(C)C2CC2)c1. The highest BCUT2D eigenvalue weighted by Gasteiger charge is 2.33. The van der Waals surface area contributed by atoms with Crippen LogP contribution in [0.15, 0.2) is 54.6 Å². The van der Waals surface area contributed by atoms with Crippen LogP contribution in [0.2, 0.25) is 0 Å². The van der Waals surface area contributed by atoms with Crippen molar-refractivity contribution < 1.29 is 14.3 Å². The average Bonchev–Trinajstić information content (AvgIpc) is 3.59. The van der Waals surface area contributed by atoms with Gasteiger partial charge in [0.2, 0.25) is 11.8 Å². The summed E-state index contributed by atoms with van der Waals surface area (Å²) in [4.78, 5) is 29.0. The number of benzene rings is 2. The molecule has 1 aliphatic carbocycles. The van der Waals surface area contributed by atoms with Gasteiger partial charge in [-0.1, -0.05) is 36.4 Å². The van der Waals surface area contributed by atoms with Gasteiger partial charge in [0.25, 0.3) is 0 Å². The van der Waals surface area contributed by atoms with E-state index in [1.54, 1.807) is 26.3 Å². The van der Waals surface area contributed by atoms with Crippen LogP contribution in [-0.2, 0) is 16.1 Å². The van der Waals surface area contributed by atoms with Gasteiger partial charge in [0, 0.05) is 31.4 Å². The van der Waals surface area contributed by atoms with Crippen molar-refractivity contribution in [3.05, 3.63) is 60.2 Å². The number of likely N-dealkylation sites (N-methyl/N-ethyl adjacent to an activating group) is 1. The van der Waals surface area contributed by atoms with Gasteiger partial charge in [0.05, 0.1) is 20.2 Å². The molecular weight excluding hydrogens is 378 g/mol. The van der Waals surface area contributed by atoms with E-state index in [4.69, 9.17) is 4.74 Å². The molecule has 0 aliphatic heterocycles. The third-order valence-electron chi connectivity index (χ3n) is 5.61. The summed E-state index contributed by atoms with van der Waals surface area (Å²) in [5, 5.41) is 2.82. The van der Waals surface area contributed by atoms with Gasteiger partial charge in [-0.25, -0.2) is 0 Å². The van der Waals surface area contributed by atoms with Crippen LogP contribution in [0.1, 0.15) is 25.3 Å². The Morgan fingerprint density at radius 1 is 1.10 bits per heavy atom. The lowest BCUT2D eigenvalue weighted by Gasteiger charge is -2.30. The molecule has 1 fully saturated rings. The Kier molecular flexibility index (Phi) is 7.46. The standard InChI is InChI=1S/C24H31N3O3/c1-18(20-12-13-20)27(15-19-8-5-4-6-9-19)17-24(29)26(2)16-23(28)25-21-10-7-11-22(14-21)30-3/h4-11,14,18,20H,12-13,15-17H2,1-3H3,(H,25,28). The molecule has 6 heteroatoms. The van der Waals surface area contributed by atoms with E-state index >= 15 is 0 Å². The van der Waals surface area contributed by atoms with Crippen LogP contribution in [0.4, 0.5) is 5.69 Å². The molecule has 6 nitrogen and oxygen atoms in total. The number of anilines is 1. The fourth-order valence-corrected chi connectivity index (χ4v) is 3.54. The van der Waals surface area contributed by atoms with E-state index < -0.39 is 0 Å². The molecule has 0 bridgehead atoms. The van der Waals surface area contributed by atoms with Gasteiger partial charge >= 0.3 is 0 Å². The van der Waals surface area contributed by atoms with Gasteiger partial charge in [0.1, 0.15) is 5.75 Å². The van der Waals surface area contributed by atoms with Crippen molar-refractivity contribution in [1.82, 2.24) is 9.80 Å². The Hall–Kier alpha value is -2.86. The first-order valence-electron chi connectivity index (χ1n) is 10.4. The molecule has 1 unspecified atom stereocenters. The van der Waals surface area contributed by atoms with E-state index in [1.165, 1.54) is 23.3 Å². The third kappa shape index (κ3) is 6.32. The van der Waals surface area contributed by atoms with Crippen LogP contribution in [0.25, 0.3) is 0 Å². The molecule has 0 aromatic heterocycles. The van der Waals surface area contributed by atoms with Crippen LogP contribution < -0.4 is 10.1 Å². The molecule has 0 radical (unpaired) electrons. The summed E-state index contributed by atoms with van der Waals surface area (Å²) < 4.78 is 5.17. The summed E-state index contributed by atoms with van der Waals surface area (Å²) in [5.74, 6) is 1.04. The van der Waals surface area contributed by atoms with E-state index in [0.29, 0.717) is 29.9 Å². The molecule has 0 saturated heterocycles. The molecule has 2 aromatic rings. The minimum Gasteiger partial charge on any atom is -0.497 e. The molecule has 0 spiro atoms. The number of hydrogen-bond donors (Lipinski definition) is 1. The first kappa shape index (κ1) is 21.8. The summed E-state index contributed by atoms with van der Waals surface area (Å²) in [6.45, 7) is 3.24. The Morgan fingerprint density at radius 3 is 2.50 bits per heavy atom. The van der Waals surface area contributed by atoms with E-state index in [-0.39, 0.29) is 18.4 Å². The quantitative estimate of drug-likeness (QED) is 0.653. The maximum absolute atomic E-state index is 12.9. The largest absolute Gasteiger partial charge is 0.497 e. The second-order valence-corrected chi connectivity index (χ2v) is 8.00. The zero-order chi connectivity index (χ0) is 21.5. The highest BCUT2D eigenvalue weighted by molar-refractivity contribution is 5.94. The number of carbonyl (C=O) groups excluding carboxylic acids is 2. The number of rotatable bonds is 10. The predicted octanol–water partition coefficient (Wildman–Crippen LogP) is 3.39. The topological polar surface area (TPSA) is 61.9 Å². The third-order valence-corrected chi connectivity index (χ3v) is 5.61. The molecule has 1 aliphatic rings. The number of amides is 2. The number of methoxy groups -OCH3 is 1. The Bertz CT molecular complexity index is 852. The minimum absolute atomic E-state index is 0.00697. The normalized spacial score (nSPS) is 14.3. The maximum atomic E-state index is 12.9. The predicted molar refractivity (Wildman–Crippen MR) is 118 cm³/mol. The van der Waals surface area contributed by atoms with Crippen LogP contribution in [-0.4, -0.2) is 54.9 Å². The average molecular weight is 410 g/mol. The molecule has 1 saturated carbocycles. The first-order chi connectivity index (χ1) is 14.5. The molecule has 0 heterocycles. The van der Waals surface area contributed by atoms with Crippen molar-refractivity contribution in [3.63, 3.8) is 0 Å². The molecule has 160 valence electrons. The summed E-state index contributed by atoms with van der Waals surface area (Å²) in [6, 6.07) is 17.7. The fourth-order valence-electron chi connectivity index (χ4n) is 3.54. The van der Waals surface area contributed by atoms with Crippen molar-refractivity contribution in [2.24, 2.45) is 5.92 Å². The summed E-state index contributed by atoms with van der Waals surface area (Å²) in [5.41, 5.74) is 1.84. The van der Waals surface area contributed by atoms with Crippen molar-refractivity contribution in [1.29, 1.82) is 0 Å². The summed E-state index contributed by atoms with van der Waals surface area (Å²) in [7, 11) is 3.26. The Morgan fingerprint density at radius 2 is 1.83 bits per heavy atom. The van der Waals surface area contributed by atoms with Gasteiger partial charge < -0.3 is 15.0 Å². The van der Waals surface area contributed by atoms with E-state index in [1.807, 2.05) is 30.3 Å². The maximum Gasteiger partial charge on any atom is 0.243 e. The molecule has 1 atom stereocenters. The molecule has 2 amide bonds. The van der Waals surface area contributed by atoms with Crippen molar-refractivity contribution in [3.8, 4) is 5.75 Å². The molecular formula is C24H31N3O3. The van der Waals surface area contributed by atoms with Gasteiger partial charge in [-0.15, -0.1) is 0 Å². The van der Waals surface area contributed by atoms with E-state index in [0.717, 1.165) is 6.54 Å². The second-order valence-electron chi connectivity index (χ2n) is 8.00.